The number of thiazole rings is 1. The van der Waals surface area contributed by atoms with E-state index in [1.807, 2.05) is 71.6 Å². The second-order valence-corrected chi connectivity index (χ2v) is 10.0. The van der Waals surface area contributed by atoms with Crippen molar-refractivity contribution in [3.05, 3.63) is 94.3 Å². The Kier molecular flexibility index (Phi) is 6.17. The molecule has 182 valence electrons. The van der Waals surface area contributed by atoms with E-state index in [-0.39, 0.29) is 11.8 Å². The average molecular weight is 498 g/mol. The zero-order chi connectivity index (χ0) is 24.5. The summed E-state index contributed by atoms with van der Waals surface area (Å²) in [6.45, 7) is 3.85. The molecule has 0 bridgehead atoms. The molecule has 1 fully saturated rings. The minimum Gasteiger partial charge on any atom is -0.497 e. The van der Waals surface area contributed by atoms with Gasteiger partial charge in [-0.2, -0.15) is 0 Å². The van der Waals surface area contributed by atoms with Gasteiger partial charge in [-0.15, -0.1) is 11.3 Å². The number of para-hydroxylation sites is 2. The fourth-order valence-corrected chi connectivity index (χ4v) is 5.82. The van der Waals surface area contributed by atoms with E-state index in [0.29, 0.717) is 13.1 Å². The number of aromatic nitrogens is 1. The van der Waals surface area contributed by atoms with Gasteiger partial charge in [0.1, 0.15) is 22.3 Å². The van der Waals surface area contributed by atoms with Crippen molar-refractivity contribution in [2.45, 2.75) is 12.5 Å². The van der Waals surface area contributed by atoms with Crippen molar-refractivity contribution in [3.63, 3.8) is 0 Å². The van der Waals surface area contributed by atoms with Crippen molar-refractivity contribution in [2.24, 2.45) is 0 Å². The van der Waals surface area contributed by atoms with Crippen LogP contribution in [0.5, 0.6) is 17.2 Å². The number of carbonyl (C=O) groups excluding carboxylic acids is 1. The number of rotatable bonds is 5. The molecule has 1 saturated heterocycles. The Labute approximate surface area is 214 Å². The Balaban J connectivity index is 1.13. The Morgan fingerprint density at radius 2 is 1.67 bits per heavy atom. The van der Waals surface area contributed by atoms with Gasteiger partial charge >= 0.3 is 0 Å². The number of carbonyl (C=O) groups is 1. The molecule has 7 heteroatoms. The lowest BCUT2D eigenvalue weighted by atomic mass is 9.86. The molecular weight excluding hydrogens is 470 g/mol. The molecular formula is C29H27N3O3S. The van der Waals surface area contributed by atoms with Crippen LogP contribution in [0.25, 0.3) is 11.3 Å². The Morgan fingerprint density at radius 3 is 2.36 bits per heavy atom. The molecule has 0 saturated carbocycles. The van der Waals surface area contributed by atoms with Gasteiger partial charge in [0.2, 0.25) is 5.91 Å². The maximum absolute atomic E-state index is 13.8. The molecule has 3 heterocycles. The predicted octanol–water partition coefficient (Wildman–Crippen LogP) is 5.40. The number of piperazine rings is 1. The number of nitrogens with zero attached hydrogens (tertiary/aromatic N) is 3. The molecule has 0 radical (unpaired) electrons. The predicted molar refractivity (Wildman–Crippen MR) is 141 cm³/mol. The molecule has 2 aliphatic heterocycles. The first-order chi connectivity index (χ1) is 17.7. The van der Waals surface area contributed by atoms with Gasteiger partial charge in [-0.25, -0.2) is 4.98 Å². The van der Waals surface area contributed by atoms with Crippen LogP contribution in [-0.2, 0) is 11.3 Å². The summed E-state index contributed by atoms with van der Waals surface area (Å²) in [5.41, 5.74) is 3.91. The van der Waals surface area contributed by atoms with Gasteiger partial charge in [0, 0.05) is 48.2 Å². The standard InChI is InChI=1S/C29H27N3O3S/c1-34-21-8-6-7-20(17-21)24-19-36-27(30-24)18-31-13-15-32(16-14-31)29(33)28-22-9-2-4-11-25(22)35-26-12-5-3-10-23(26)28/h2-12,17,19,28H,13-16,18H2,1H3. The van der Waals surface area contributed by atoms with E-state index in [1.54, 1.807) is 18.4 Å². The van der Waals surface area contributed by atoms with Gasteiger partial charge in [-0.3, -0.25) is 9.69 Å². The molecule has 0 unspecified atom stereocenters. The van der Waals surface area contributed by atoms with Crippen LogP contribution in [0.4, 0.5) is 0 Å². The van der Waals surface area contributed by atoms with E-state index in [9.17, 15) is 4.79 Å². The lowest BCUT2D eigenvalue weighted by Crippen LogP contribution is -2.49. The van der Waals surface area contributed by atoms with Gasteiger partial charge in [0.05, 0.1) is 25.3 Å². The topological polar surface area (TPSA) is 54.9 Å². The lowest BCUT2D eigenvalue weighted by molar-refractivity contribution is -0.133. The summed E-state index contributed by atoms with van der Waals surface area (Å²) in [7, 11) is 1.68. The number of methoxy groups -OCH3 is 1. The maximum Gasteiger partial charge on any atom is 0.234 e. The molecule has 0 spiro atoms. The number of benzene rings is 3. The number of amides is 1. The van der Waals surface area contributed by atoms with Crippen molar-refractivity contribution in [3.8, 4) is 28.5 Å². The van der Waals surface area contributed by atoms with E-state index in [4.69, 9.17) is 14.5 Å². The highest BCUT2D eigenvalue weighted by Crippen LogP contribution is 2.44. The van der Waals surface area contributed by atoms with E-state index in [0.717, 1.165) is 64.3 Å². The SMILES string of the molecule is COc1cccc(-c2csc(CN3CCN(C(=O)C4c5ccccc5Oc5ccccc54)CC3)n2)c1. The molecule has 0 aliphatic carbocycles. The third-order valence-electron chi connectivity index (χ3n) is 6.89. The first-order valence-corrected chi connectivity index (χ1v) is 13.0. The zero-order valence-corrected chi connectivity index (χ0v) is 20.9. The van der Waals surface area contributed by atoms with Crippen LogP contribution in [0.2, 0.25) is 0 Å². The molecule has 2 aliphatic rings. The Hall–Kier alpha value is -3.68. The molecule has 6 nitrogen and oxygen atoms in total. The number of hydrogen-bond acceptors (Lipinski definition) is 6. The lowest BCUT2D eigenvalue weighted by Gasteiger charge is -2.37. The van der Waals surface area contributed by atoms with Crippen LogP contribution in [0, 0.1) is 0 Å². The smallest absolute Gasteiger partial charge is 0.234 e. The molecule has 36 heavy (non-hydrogen) atoms. The van der Waals surface area contributed by atoms with Crippen LogP contribution >= 0.6 is 11.3 Å². The monoisotopic (exact) mass is 497 g/mol. The first kappa shape index (κ1) is 22.8. The van der Waals surface area contributed by atoms with Gasteiger partial charge < -0.3 is 14.4 Å². The minimum absolute atomic E-state index is 0.146. The average Bonchev–Trinajstić information content (AvgIpc) is 3.40. The first-order valence-electron chi connectivity index (χ1n) is 12.2. The normalized spacial score (nSPS) is 15.6. The largest absolute Gasteiger partial charge is 0.497 e. The fraction of sp³-hybridized carbons (Fsp3) is 0.241. The third-order valence-corrected chi connectivity index (χ3v) is 7.72. The van der Waals surface area contributed by atoms with Gasteiger partial charge in [0.15, 0.2) is 0 Å². The second-order valence-electron chi connectivity index (χ2n) is 9.07. The molecule has 1 amide bonds. The van der Waals surface area contributed by atoms with Gasteiger partial charge in [-0.1, -0.05) is 48.5 Å². The van der Waals surface area contributed by atoms with Crippen molar-refractivity contribution >= 4 is 17.2 Å². The molecule has 6 rings (SSSR count). The van der Waals surface area contributed by atoms with Crippen molar-refractivity contribution in [1.82, 2.24) is 14.8 Å². The van der Waals surface area contributed by atoms with Crippen LogP contribution in [-0.4, -0.2) is 54.0 Å². The van der Waals surface area contributed by atoms with E-state index in [1.165, 1.54) is 0 Å². The van der Waals surface area contributed by atoms with Gasteiger partial charge in [0.25, 0.3) is 0 Å². The summed E-state index contributed by atoms with van der Waals surface area (Å²) >= 11 is 1.68. The third kappa shape index (κ3) is 4.36. The second kappa shape index (κ2) is 9.76. The minimum atomic E-state index is -0.331. The highest BCUT2D eigenvalue weighted by atomic mass is 32.1. The van der Waals surface area contributed by atoms with Crippen LogP contribution < -0.4 is 9.47 Å². The number of fused-ring (bicyclic) bond motifs is 2. The highest BCUT2D eigenvalue weighted by Gasteiger charge is 2.36. The number of hydrogen-bond donors (Lipinski definition) is 0. The quantitative estimate of drug-likeness (QED) is 0.370. The summed E-state index contributed by atoms with van der Waals surface area (Å²) in [4.78, 5) is 23.0. The molecule has 4 aromatic rings. The number of ether oxygens (including phenoxy) is 2. The van der Waals surface area contributed by atoms with Gasteiger partial charge in [-0.05, 0) is 24.3 Å². The van der Waals surface area contributed by atoms with E-state index >= 15 is 0 Å². The fourth-order valence-electron chi connectivity index (χ4n) is 4.97. The van der Waals surface area contributed by atoms with Crippen LogP contribution in [0.3, 0.4) is 0 Å². The summed E-state index contributed by atoms with van der Waals surface area (Å²) in [6.07, 6.45) is 0. The molecule has 1 aromatic heterocycles. The molecule has 0 N–H and O–H groups in total. The van der Waals surface area contributed by atoms with Crippen molar-refractivity contribution < 1.29 is 14.3 Å². The molecule has 0 atom stereocenters. The van der Waals surface area contributed by atoms with Crippen molar-refractivity contribution in [1.29, 1.82) is 0 Å². The maximum atomic E-state index is 13.8. The molecule has 3 aromatic carbocycles. The van der Waals surface area contributed by atoms with Crippen LogP contribution in [0.15, 0.2) is 78.2 Å². The van der Waals surface area contributed by atoms with E-state index < -0.39 is 0 Å². The summed E-state index contributed by atoms with van der Waals surface area (Å²) in [5.74, 6) is 2.18. The van der Waals surface area contributed by atoms with Crippen molar-refractivity contribution in [2.75, 3.05) is 33.3 Å². The Morgan fingerprint density at radius 1 is 0.972 bits per heavy atom. The summed E-state index contributed by atoms with van der Waals surface area (Å²) in [5, 5.41) is 3.18. The highest BCUT2D eigenvalue weighted by molar-refractivity contribution is 7.09. The van der Waals surface area contributed by atoms with E-state index in [2.05, 4.69) is 16.3 Å². The summed E-state index contributed by atoms with van der Waals surface area (Å²) < 4.78 is 11.4. The Bertz CT molecular complexity index is 1350. The van der Waals surface area contributed by atoms with Crippen LogP contribution in [0.1, 0.15) is 22.1 Å². The summed E-state index contributed by atoms with van der Waals surface area (Å²) in [6, 6.07) is 23.7. The zero-order valence-electron chi connectivity index (χ0n) is 20.1.